The van der Waals surface area contributed by atoms with Crippen LogP contribution in [-0.4, -0.2) is 32.6 Å². The molecule has 4 rings (SSSR count). The van der Waals surface area contributed by atoms with Crippen molar-refractivity contribution in [2.24, 2.45) is 0 Å². The number of urea groups is 1. The zero-order valence-electron chi connectivity index (χ0n) is 20.3. The van der Waals surface area contributed by atoms with Gasteiger partial charge in [-0.1, -0.05) is 48.8 Å². The first-order valence-corrected chi connectivity index (χ1v) is 11.9. The highest BCUT2D eigenvalue weighted by Gasteiger charge is 2.18. The van der Waals surface area contributed by atoms with Crippen LogP contribution in [0.2, 0.25) is 0 Å². The summed E-state index contributed by atoms with van der Waals surface area (Å²) in [6, 6.07) is 23.4. The largest absolute Gasteiger partial charge is 0.326 e. The van der Waals surface area contributed by atoms with Crippen LogP contribution in [0.15, 0.2) is 72.8 Å². The highest BCUT2D eigenvalue weighted by atomic mass is 16.2. The highest BCUT2D eigenvalue weighted by Crippen LogP contribution is 2.22. The number of nitriles is 1. The maximum atomic E-state index is 13.4. The lowest BCUT2D eigenvalue weighted by atomic mass is 10.1. The topological polar surface area (TPSA) is 140 Å². The van der Waals surface area contributed by atoms with Crippen molar-refractivity contribution in [2.75, 3.05) is 15.5 Å². The second kappa shape index (κ2) is 12.1. The minimum absolute atomic E-state index is 0.0831. The average molecular weight is 495 g/mol. The maximum Gasteiger partial charge on any atom is 0.326 e. The third-order valence-corrected chi connectivity index (χ3v) is 5.68. The number of nitrogens with zero attached hydrogens (tertiary/aromatic N) is 5. The molecule has 0 aliphatic carbocycles. The third kappa shape index (κ3) is 6.76. The van der Waals surface area contributed by atoms with Gasteiger partial charge in [0, 0.05) is 16.9 Å². The number of nitrogens with one attached hydrogen (secondary N) is 3. The molecule has 1 heterocycles. The standard InChI is InChI=1S/C27H26N8O2/c1-2-3-5-19-10-14-24(15-11-19)35(27(37)29-23-7-4-6-21(16-23)17-28)18-20-8-12-22(13-9-20)25(36)30-26-31-33-34-32-26/h4,6-16H,2-3,5,18H2,1H3,(H,29,37)(H2,30,31,32,33,34,36). The molecular formula is C27H26N8O2. The number of aromatic nitrogens is 4. The van der Waals surface area contributed by atoms with Crippen LogP contribution in [0.1, 0.15) is 46.8 Å². The number of tetrazole rings is 1. The van der Waals surface area contributed by atoms with E-state index >= 15 is 0 Å². The van der Waals surface area contributed by atoms with Crippen LogP contribution in [0.25, 0.3) is 0 Å². The van der Waals surface area contributed by atoms with Gasteiger partial charge >= 0.3 is 6.03 Å². The van der Waals surface area contributed by atoms with Gasteiger partial charge in [-0.3, -0.25) is 15.0 Å². The number of hydrogen-bond acceptors (Lipinski definition) is 6. The molecule has 0 saturated heterocycles. The van der Waals surface area contributed by atoms with E-state index in [9.17, 15) is 14.9 Å². The number of benzene rings is 3. The van der Waals surface area contributed by atoms with Gasteiger partial charge in [-0.25, -0.2) is 4.79 Å². The van der Waals surface area contributed by atoms with Crippen molar-refractivity contribution in [3.63, 3.8) is 0 Å². The van der Waals surface area contributed by atoms with Gasteiger partial charge in [-0.15, -0.1) is 5.10 Å². The summed E-state index contributed by atoms with van der Waals surface area (Å²) in [6.07, 6.45) is 3.20. The summed E-state index contributed by atoms with van der Waals surface area (Å²) >= 11 is 0. The van der Waals surface area contributed by atoms with Crippen LogP contribution in [0.5, 0.6) is 0 Å². The Balaban J connectivity index is 1.53. The third-order valence-electron chi connectivity index (χ3n) is 5.68. The zero-order valence-corrected chi connectivity index (χ0v) is 20.3. The van der Waals surface area contributed by atoms with Gasteiger partial charge < -0.3 is 5.32 Å². The van der Waals surface area contributed by atoms with Crippen LogP contribution in [0.3, 0.4) is 0 Å². The lowest BCUT2D eigenvalue weighted by Gasteiger charge is -2.24. The zero-order chi connectivity index (χ0) is 26.0. The Morgan fingerprint density at radius 3 is 2.43 bits per heavy atom. The van der Waals surface area contributed by atoms with Crippen LogP contribution < -0.4 is 15.5 Å². The summed E-state index contributed by atoms with van der Waals surface area (Å²) in [6.45, 7) is 2.42. The Bertz CT molecular complexity index is 1380. The Kier molecular flexibility index (Phi) is 8.18. The van der Waals surface area contributed by atoms with Gasteiger partial charge in [0.05, 0.1) is 18.2 Å². The van der Waals surface area contributed by atoms with E-state index in [1.807, 2.05) is 24.3 Å². The molecule has 4 aromatic rings. The van der Waals surface area contributed by atoms with Gasteiger partial charge in [-0.2, -0.15) is 10.5 Å². The molecule has 0 radical (unpaired) electrons. The molecule has 0 aliphatic heterocycles. The fraction of sp³-hybridized carbons (Fsp3) is 0.185. The Hall–Kier alpha value is -5.04. The van der Waals surface area contributed by atoms with Gasteiger partial charge in [-0.05, 0) is 71.6 Å². The molecule has 186 valence electrons. The first-order chi connectivity index (χ1) is 18.1. The summed E-state index contributed by atoms with van der Waals surface area (Å²) in [5.74, 6) is -0.289. The minimum Gasteiger partial charge on any atom is -0.307 e. The number of H-pyrrole nitrogens is 1. The molecule has 1 aromatic heterocycles. The van der Waals surface area contributed by atoms with Gasteiger partial charge in [0.1, 0.15) is 0 Å². The first kappa shape index (κ1) is 25.1. The van der Waals surface area contributed by atoms with Crippen LogP contribution in [0, 0.1) is 11.3 Å². The molecule has 0 bridgehead atoms. The molecule has 0 spiro atoms. The van der Waals surface area contributed by atoms with E-state index in [1.165, 1.54) is 5.56 Å². The van der Waals surface area contributed by atoms with Crippen molar-refractivity contribution in [2.45, 2.75) is 32.7 Å². The van der Waals surface area contributed by atoms with Crippen molar-refractivity contribution in [1.82, 2.24) is 20.6 Å². The second-order valence-electron chi connectivity index (χ2n) is 8.37. The lowest BCUT2D eigenvalue weighted by molar-refractivity contribution is 0.102. The maximum absolute atomic E-state index is 13.4. The molecule has 10 heteroatoms. The number of carbonyl (C=O) groups is 2. The SMILES string of the molecule is CCCCc1ccc(N(Cc2ccc(C(=O)Nc3nn[nH]n3)cc2)C(=O)Nc2cccc(C#N)c2)cc1. The number of unbranched alkanes of at least 4 members (excludes halogenated alkanes) is 1. The molecule has 0 saturated carbocycles. The summed E-state index contributed by atoms with van der Waals surface area (Å²) in [5.41, 5.74) is 4.17. The van der Waals surface area contributed by atoms with E-state index in [-0.39, 0.29) is 24.4 Å². The van der Waals surface area contributed by atoms with Crippen LogP contribution in [0.4, 0.5) is 22.1 Å². The molecule has 3 amide bonds. The van der Waals surface area contributed by atoms with Crippen LogP contribution in [-0.2, 0) is 13.0 Å². The van der Waals surface area contributed by atoms with Gasteiger partial charge in [0.2, 0.25) is 0 Å². The van der Waals surface area contributed by atoms with Crippen molar-refractivity contribution < 1.29 is 9.59 Å². The quantitative estimate of drug-likeness (QED) is 0.302. The summed E-state index contributed by atoms with van der Waals surface area (Å²) < 4.78 is 0. The number of anilines is 3. The van der Waals surface area contributed by atoms with Crippen molar-refractivity contribution in [3.05, 3.63) is 95.1 Å². The predicted octanol–water partition coefficient (Wildman–Crippen LogP) is 4.90. The second-order valence-corrected chi connectivity index (χ2v) is 8.37. The highest BCUT2D eigenvalue weighted by molar-refractivity contribution is 6.03. The first-order valence-electron chi connectivity index (χ1n) is 11.9. The molecule has 0 aliphatic rings. The smallest absolute Gasteiger partial charge is 0.307 e. The number of amides is 3. The molecule has 10 nitrogen and oxygen atoms in total. The molecule has 0 atom stereocenters. The normalized spacial score (nSPS) is 10.4. The fourth-order valence-electron chi connectivity index (χ4n) is 3.69. The molecular weight excluding hydrogens is 468 g/mol. The summed E-state index contributed by atoms with van der Waals surface area (Å²) in [7, 11) is 0. The van der Waals surface area contributed by atoms with Crippen molar-refractivity contribution in [1.29, 1.82) is 5.26 Å². The number of carbonyl (C=O) groups excluding carboxylic acids is 2. The average Bonchev–Trinajstić information content (AvgIpc) is 3.44. The van der Waals surface area contributed by atoms with Crippen LogP contribution >= 0.6 is 0 Å². The lowest BCUT2D eigenvalue weighted by Crippen LogP contribution is -2.34. The van der Waals surface area contributed by atoms with E-state index in [4.69, 9.17) is 0 Å². The van der Waals surface area contributed by atoms with E-state index in [2.05, 4.69) is 44.3 Å². The molecule has 37 heavy (non-hydrogen) atoms. The number of aryl methyl sites for hydroxylation is 1. The Morgan fingerprint density at radius 2 is 1.76 bits per heavy atom. The number of aromatic amines is 1. The van der Waals surface area contributed by atoms with Gasteiger partial charge in [0.25, 0.3) is 11.9 Å². The van der Waals surface area contributed by atoms with Gasteiger partial charge in [0.15, 0.2) is 0 Å². The summed E-state index contributed by atoms with van der Waals surface area (Å²) in [5, 5.41) is 27.7. The fourth-order valence-corrected chi connectivity index (χ4v) is 3.69. The monoisotopic (exact) mass is 494 g/mol. The number of rotatable bonds is 9. The molecule has 0 unspecified atom stereocenters. The minimum atomic E-state index is -0.373. The van der Waals surface area contributed by atoms with E-state index in [0.717, 1.165) is 30.5 Å². The molecule has 0 fully saturated rings. The Morgan fingerprint density at radius 1 is 1.00 bits per heavy atom. The molecule has 3 aromatic carbocycles. The van der Waals surface area contributed by atoms with Crippen molar-refractivity contribution >= 4 is 29.3 Å². The van der Waals surface area contributed by atoms with E-state index < -0.39 is 0 Å². The summed E-state index contributed by atoms with van der Waals surface area (Å²) in [4.78, 5) is 27.4. The van der Waals surface area contributed by atoms with E-state index in [0.29, 0.717) is 16.8 Å². The molecule has 3 N–H and O–H groups in total. The van der Waals surface area contributed by atoms with Crippen molar-refractivity contribution in [3.8, 4) is 6.07 Å². The number of hydrogen-bond donors (Lipinski definition) is 3. The van der Waals surface area contributed by atoms with E-state index in [1.54, 1.807) is 53.4 Å². The Labute approximate surface area is 214 Å². The predicted molar refractivity (Wildman–Crippen MR) is 140 cm³/mol.